The van der Waals surface area contributed by atoms with Gasteiger partial charge in [0.2, 0.25) is 5.91 Å². The summed E-state index contributed by atoms with van der Waals surface area (Å²) in [5, 5.41) is 5.60. The topological polar surface area (TPSA) is 41.1 Å². The van der Waals surface area contributed by atoms with Crippen LogP contribution in [0.4, 0.5) is 10.1 Å². The van der Waals surface area contributed by atoms with Crippen molar-refractivity contribution in [1.82, 2.24) is 5.32 Å². The number of halogens is 2. The summed E-state index contributed by atoms with van der Waals surface area (Å²) in [5.41, 5.74) is 2.68. The van der Waals surface area contributed by atoms with Gasteiger partial charge in [-0.2, -0.15) is 0 Å². The van der Waals surface area contributed by atoms with Crippen LogP contribution in [0.1, 0.15) is 37.8 Å². The van der Waals surface area contributed by atoms with Crippen LogP contribution in [0.5, 0.6) is 0 Å². The Morgan fingerprint density at radius 1 is 1.15 bits per heavy atom. The van der Waals surface area contributed by atoms with Gasteiger partial charge in [0.15, 0.2) is 5.11 Å². The minimum atomic E-state index is -0.512. The first-order valence-corrected chi connectivity index (χ1v) is 9.20. The lowest BCUT2D eigenvalue weighted by atomic mass is 9.96. The molecule has 0 bridgehead atoms. The van der Waals surface area contributed by atoms with Crippen LogP contribution in [0.25, 0.3) is 0 Å². The predicted molar refractivity (Wildman–Crippen MR) is 109 cm³/mol. The fraction of sp³-hybridized carbons (Fsp3) is 0.300. The second-order valence-electron chi connectivity index (χ2n) is 6.63. The Balaban J connectivity index is 1.95. The minimum absolute atomic E-state index is 0.0148. The summed E-state index contributed by atoms with van der Waals surface area (Å²) in [4.78, 5) is 12.4. The Hall–Kier alpha value is -1.98. The third kappa shape index (κ3) is 5.78. The first-order valence-electron chi connectivity index (χ1n) is 8.42. The lowest BCUT2D eigenvalue weighted by molar-refractivity contribution is -0.120. The van der Waals surface area contributed by atoms with Gasteiger partial charge in [0.1, 0.15) is 5.82 Å². The Bertz CT molecular complexity index is 793. The van der Waals surface area contributed by atoms with Crippen LogP contribution in [0, 0.1) is 11.7 Å². The van der Waals surface area contributed by atoms with Crippen LogP contribution in [0.15, 0.2) is 42.5 Å². The van der Waals surface area contributed by atoms with E-state index in [1.807, 2.05) is 19.1 Å². The normalized spacial score (nSPS) is 11.9. The Kier molecular flexibility index (Phi) is 7.12. The average Bonchev–Trinajstić information content (AvgIpc) is 2.57. The van der Waals surface area contributed by atoms with E-state index in [1.165, 1.54) is 23.8 Å². The molecule has 0 saturated carbocycles. The number of rotatable bonds is 5. The Morgan fingerprint density at radius 2 is 1.81 bits per heavy atom. The molecule has 0 aliphatic rings. The van der Waals surface area contributed by atoms with Crippen molar-refractivity contribution in [3.05, 3.63) is 64.4 Å². The van der Waals surface area contributed by atoms with Crippen molar-refractivity contribution >= 4 is 40.5 Å². The summed E-state index contributed by atoms with van der Waals surface area (Å²) in [6.07, 6.45) is 1.01. The molecule has 0 heterocycles. The van der Waals surface area contributed by atoms with Crippen LogP contribution in [-0.2, 0) is 11.2 Å². The zero-order valence-electron chi connectivity index (χ0n) is 15.0. The fourth-order valence-electron chi connectivity index (χ4n) is 2.52. The van der Waals surface area contributed by atoms with Crippen LogP contribution in [0.3, 0.4) is 0 Å². The highest BCUT2D eigenvalue weighted by molar-refractivity contribution is 7.80. The van der Waals surface area contributed by atoms with Crippen molar-refractivity contribution in [1.29, 1.82) is 0 Å². The van der Waals surface area contributed by atoms with E-state index in [0.29, 0.717) is 11.6 Å². The maximum atomic E-state index is 13.2. The largest absolute Gasteiger partial charge is 0.332 e. The molecule has 1 atom stereocenters. The van der Waals surface area contributed by atoms with Gasteiger partial charge in [-0.15, -0.1) is 0 Å². The fourth-order valence-corrected chi connectivity index (χ4v) is 2.92. The van der Waals surface area contributed by atoms with Gasteiger partial charge in [-0.3, -0.25) is 4.79 Å². The molecule has 3 nitrogen and oxygen atoms in total. The second kappa shape index (κ2) is 9.10. The van der Waals surface area contributed by atoms with E-state index in [9.17, 15) is 9.18 Å². The third-order valence-corrected chi connectivity index (χ3v) is 4.42. The molecule has 2 aromatic rings. The Morgan fingerprint density at radius 3 is 2.38 bits per heavy atom. The summed E-state index contributed by atoms with van der Waals surface area (Å²) in [6.45, 7) is 6.17. The number of nitrogens with one attached hydrogen (secondary N) is 2. The van der Waals surface area contributed by atoms with E-state index < -0.39 is 5.82 Å². The zero-order valence-corrected chi connectivity index (χ0v) is 16.5. The van der Waals surface area contributed by atoms with Gasteiger partial charge >= 0.3 is 0 Å². The van der Waals surface area contributed by atoms with Gasteiger partial charge in [0.25, 0.3) is 0 Å². The van der Waals surface area contributed by atoms with Gasteiger partial charge in [-0.1, -0.05) is 49.7 Å². The van der Waals surface area contributed by atoms with Crippen molar-refractivity contribution in [2.75, 3.05) is 5.32 Å². The van der Waals surface area contributed by atoms with Crippen LogP contribution in [0.2, 0.25) is 5.02 Å². The molecule has 0 radical (unpaired) electrons. The molecule has 1 unspecified atom stereocenters. The van der Waals surface area contributed by atoms with E-state index >= 15 is 0 Å². The van der Waals surface area contributed by atoms with E-state index in [0.717, 1.165) is 12.0 Å². The molecule has 1 amide bonds. The Labute approximate surface area is 163 Å². The van der Waals surface area contributed by atoms with Crippen molar-refractivity contribution in [3.63, 3.8) is 0 Å². The highest BCUT2D eigenvalue weighted by Crippen LogP contribution is 2.20. The lowest BCUT2D eigenvalue weighted by Gasteiger charge is -2.15. The maximum Gasteiger partial charge on any atom is 0.233 e. The standard InChI is InChI=1S/C20H22ClFN2OS/c1-12(2)10-14-4-6-15(7-5-14)13(3)19(25)24-20(26)23-16-8-9-18(22)17(21)11-16/h4-9,11-13H,10H2,1-3H3,(H2,23,24,25,26). The molecule has 0 saturated heterocycles. The van der Waals surface area contributed by atoms with E-state index in [2.05, 4.69) is 36.6 Å². The molecular formula is C20H22ClFN2OS. The molecule has 0 aliphatic carbocycles. The van der Waals surface area contributed by atoms with Gasteiger partial charge in [0, 0.05) is 5.69 Å². The second-order valence-corrected chi connectivity index (χ2v) is 7.45. The molecule has 0 spiro atoms. The molecule has 2 rings (SSSR count). The number of carbonyl (C=O) groups excluding carboxylic acids is 1. The minimum Gasteiger partial charge on any atom is -0.332 e. The molecule has 0 fully saturated rings. The summed E-state index contributed by atoms with van der Waals surface area (Å²) < 4.78 is 13.2. The first kappa shape index (κ1) is 20.3. The summed E-state index contributed by atoms with van der Waals surface area (Å²) in [6, 6.07) is 12.2. The van der Waals surface area contributed by atoms with Crippen LogP contribution < -0.4 is 10.6 Å². The van der Waals surface area contributed by atoms with Gasteiger partial charge in [0.05, 0.1) is 10.9 Å². The van der Waals surface area contributed by atoms with Crippen molar-refractivity contribution in [3.8, 4) is 0 Å². The third-order valence-electron chi connectivity index (χ3n) is 3.93. The number of amides is 1. The van der Waals surface area contributed by atoms with Gasteiger partial charge in [-0.25, -0.2) is 4.39 Å². The lowest BCUT2D eigenvalue weighted by Crippen LogP contribution is -2.36. The smallest absolute Gasteiger partial charge is 0.233 e. The molecule has 2 N–H and O–H groups in total. The monoisotopic (exact) mass is 392 g/mol. The van der Waals surface area contributed by atoms with E-state index in [-0.39, 0.29) is 22.0 Å². The zero-order chi connectivity index (χ0) is 19.3. The molecule has 0 aromatic heterocycles. The maximum absolute atomic E-state index is 13.2. The SMILES string of the molecule is CC(C)Cc1ccc(C(C)C(=O)NC(=S)Nc2ccc(F)c(Cl)c2)cc1. The summed E-state index contributed by atoms with van der Waals surface area (Å²) in [5.74, 6) is -0.487. The van der Waals surface area contributed by atoms with Crippen LogP contribution in [-0.4, -0.2) is 11.0 Å². The van der Waals surface area contributed by atoms with E-state index in [1.54, 1.807) is 0 Å². The number of hydrogen-bond acceptors (Lipinski definition) is 2. The summed E-state index contributed by atoms with van der Waals surface area (Å²) >= 11 is 10.9. The van der Waals surface area contributed by atoms with Crippen LogP contribution >= 0.6 is 23.8 Å². The molecule has 6 heteroatoms. The highest BCUT2D eigenvalue weighted by atomic mass is 35.5. The number of hydrogen-bond donors (Lipinski definition) is 2. The number of benzene rings is 2. The summed E-state index contributed by atoms with van der Waals surface area (Å²) in [7, 11) is 0. The van der Waals surface area contributed by atoms with E-state index in [4.69, 9.17) is 23.8 Å². The predicted octanol–water partition coefficient (Wildman–Crippen LogP) is 5.29. The average molecular weight is 393 g/mol. The highest BCUT2D eigenvalue weighted by Gasteiger charge is 2.16. The van der Waals surface area contributed by atoms with Crippen molar-refractivity contribution in [2.24, 2.45) is 5.92 Å². The first-order chi connectivity index (χ1) is 12.3. The number of carbonyl (C=O) groups is 1. The molecule has 26 heavy (non-hydrogen) atoms. The van der Waals surface area contributed by atoms with Crippen molar-refractivity contribution < 1.29 is 9.18 Å². The quantitative estimate of drug-likeness (QED) is 0.679. The molecular weight excluding hydrogens is 371 g/mol. The number of anilines is 1. The molecule has 2 aromatic carbocycles. The molecule has 0 aliphatic heterocycles. The van der Waals surface area contributed by atoms with Gasteiger partial charge in [-0.05, 0) is 60.8 Å². The molecule has 138 valence electrons. The van der Waals surface area contributed by atoms with Crippen molar-refractivity contribution in [2.45, 2.75) is 33.1 Å². The number of thiocarbonyl (C=S) groups is 1. The van der Waals surface area contributed by atoms with Gasteiger partial charge < -0.3 is 10.6 Å².